The standard InChI is InChI=1S/C20H26N2O5/c1-12-4-5-17-15(11-27-19(17)13(12)2)8-18(25)21-6-7-22(10-16(24)9-21)20(26)14(3)23/h4-5,11,14,16,23-24H,6-10H2,1-3H3. The first kappa shape index (κ1) is 19.4. The van der Waals surface area contributed by atoms with Gasteiger partial charge in [-0.25, -0.2) is 0 Å². The highest BCUT2D eigenvalue weighted by Gasteiger charge is 2.28. The Hall–Kier alpha value is -2.38. The molecular formula is C20H26N2O5. The number of hydrogen-bond donors (Lipinski definition) is 2. The van der Waals surface area contributed by atoms with Gasteiger partial charge < -0.3 is 24.4 Å². The number of benzene rings is 1. The van der Waals surface area contributed by atoms with Crippen LogP contribution in [0.5, 0.6) is 0 Å². The van der Waals surface area contributed by atoms with E-state index in [1.165, 1.54) is 11.8 Å². The predicted molar refractivity (Wildman–Crippen MR) is 100 cm³/mol. The lowest BCUT2D eigenvalue weighted by molar-refractivity contribution is -0.140. The zero-order valence-corrected chi connectivity index (χ0v) is 15.9. The van der Waals surface area contributed by atoms with E-state index < -0.39 is 18.1 Å². The number of fused-ring (bicyclic) bond motifs is 1. The van der Waals surface area contributed by atoms with Crippen LogP contribution in [0.2, 0.25) is 0 Å². The average molecular weight is 374 g/mol. The van der Waals surface area contributed by atoms with Crippen LogP contribution in [0.25, 0.3) is 11.0 Å². The molecule has 7 heteroatoms. The van der Waals surface area contributed by atoms with E-state index in [1.54, 1.807) is 11.2 Å². The maximum absolute atomic E-state index is 12.8. The molecule has 2 N–H and O–H groups in total. The average Bonchev–Trinajstić information content (AvgIpc) is 2.91. The maximum atomic E-state index is 12.8. The van der Waals surface area contributed by atoms with Crippen molar-refractivity contribution in [1.82, 2.24) is 9.80 Å². The number of β-amino-alcohol motifs (C(OH)–C–C–N with tert-alkyl or cyclic N) is 1. The number of aryl methyl sites for hydroxylation is 2. The highest BCUT2D eigenvalue weighted by Crippen LogP contribution is 2.27. The van der Waals surface area contributed by atoms with Crippen LogP contribution < -0.4 is 0 Å². The van der Waals surface area contributed by atoms with Gasteiger partial charge in [-0.2, -0.15) is 0 Å². The van der Waals surface area contributed by atoms with Gasteiger partial charge in [0, 0.05) is 37.1 Å². The summed E-state index contributed by atoms with van der Waals surface area (Å²) in [4.78, 5) is 27.7. The SMILES string of the molecule is Cc1ccc2c(CC(=O)N3CCN(C(=O)C(C)O)CC(O)C3)coc2c1C. The summed E-state index contributed by atoms with van der Waals surface area (Å²) in [6.07, 6.45) is -0.174. The second kappa shape index (κ2) is 7.70. The molecule has 1 aliphatic heterocycles. The van der Waals surface area contributed by atoms with Crippen molar-refractivity contribution in [2.24, 2.45) is 0 Å². The van der Waals surface area contributed by atoms with Gasteiger partial charge in [-0.05, 0) is 31.9 Å². The smallest absolute Gasteiger partial charge is 0.251 e. The topological polar surface area (TPSA) is 94.2 Å². The molecule has 2 atom stereocenters. The first-order valence-electron chi connectivity index (χ1n) is 9.17. The van der Waals surface area contributed by atoms with E-state index in [1.807, 2.05) is 26.0 Å². The van der Waals surface area contributed by atoms with Crippen LogP contribution >= 0.6 is 0 Å². The number of nitrogens with zero attached hydrogens (tertiary/aromatic N) is 2. The third-order valence-corrected chi connectivity index (χ3v) is 5.21. The van der Waals surface area contributed by atoms with Crippen molar-refractivity contribution in [1.29, 1.82) is 0 Å². The Morgan fingerprint density at radius 1 is 1.22 bits per heavy atom. The Kier molecular flexibility index (Phi) is 5.53. The van der Waals surface area contributed by atoms with Crippen molar-refractivity contribution >= 4 is 22.8 Å². The Balaban J connectivity index is 1.73. The summed E-state index contributed by atoms with van der Waals surface area (Å²) in [7, 11) is 0. The van der Waals surface area contributed by atoms with Gasteiger partial charge in [-0.1, -0.05) is 12.1 Å². The van der Waals surface area contributed by atoms with Gasteiger partial charge in [-0.3, -0.25) is 9.59 Å². The summed E-state index contributed by atoms with van der Waals surface area (Å²) in [5.41, 5.74) is 3.80. The fourth-order valence-electron chi connectivity index (χ4n) is 3.48. The summed E-state index contributed by atoms with van der Waals surface area (Å²) in [5.74, 6) is -0.559. The summed E-state index contributed by atoms with van der Waals surface area (Å²) in [5, 5.41) is 20.6. The number of aliphatic hydroxyl groups excluding tert-OH is 2. The third kappa shape index (κ3) is 3.99. The normalized spacial score (nSPS) is 19.2. The van der Waals surface area contributed by atoms with E-state index in [2.05, 4.69) is 0 Å². The van der Waals surface area contributed by atoms with Gasteiger partial charge in [0.25, 0.3) is 5.91 Å². The molecule has 1 aliphatic rings. The monoisotopic (exact) mass is 374 g/mol. The molecule has 146 valence electrons. The van der Waals surface area contributed by atoms with Crippen molar-refractivity contribution < 1.29 is 24.2 Å². The first-order chi connectivity index (χ1) is 12.8. The van der Waals surface area contributed by atoms with Crippen LogP contribution in [0.3, 0.4) is 0 Å². The van der Waals surface area contributed by atoms with Gasteiger partial charge in [0.15, 0.2) is 0 Å². The number of aliphatic hydroxyl groups is 2. The van der Waals surface area contributed by atoms with Gasteiger partial charge in [0.1, 0.15) is 11.7 Å². The van der Waals surface area contributed by atoms with Crippen molar-refractivity contribution in [3.05, 3.63) is 35.1 Å². The maximum Gasteiger partial charge on any atom is 0.251 e. The molecule has 0 saturated carbocycles. The van der Waals surface area contributed by atoms with E-state index in [0.717, 1.165) is 27.7 Å². The highest BCUT2D eigenvalue weighted by molar-refractivity contribution is 5.89. The molecule has 1 fully saturated rings. The fourth-order valence-corrected chi connectivity index (χ4v) is 3.48. The Bertz CT molecular complexity index is 857. The van der Waals surface area contributed by atoms with Crippen LogP contribution in [0, 0.1) is 13.8 Å². The number of carbonyl (C=O) groups excluding carboxylic acids is 2. The van der Waals surface area contributed by atoms with Crippen molar-refractivity contribution in [3.8, 4) is 0 Å². The van der Waals surface area contributed by atoms with Gasteiger partial charge in [-0.15, -0.1) is 0 Å². The van der Waals surface area contributed by atoms with Gasteiger partial charge >= 0.3 is 0 Å². The lowest BCUT2D eigenvalue weighted by Gasteiger charge is -2.23. The van der Waals surface area contributed by atoms with Crippen LogP contribution in [-0.2, 0) is 16.0 Å². The Labute approximate surface area is 158 Å². The molecule has 2 aromatic rings. The molecule has 2 amide bonds. The molecule has 7 nitrogen and oxygen atoms in total. The zero-order valence-electron chi connectivity index (χ0n) is 15.9. The summed E-state index contributed by atoms with van der Waals surface area (Å²) in [6.45, 7) is 6.29. The lowest BCUT2D eigenvalue weighted by Crippen LogP contribution is -2.42. The number of amides is 2. The van der Waals surface area contributed by atoms with E-state index in [4.69, 9.17) is 4.42 Å². The molecule has 2 heterocycles. The largest absolute Gasteiger partial charge is 0.464 e. The third-order valence-electron chi connectivity index (χ3n) is 5.21. The van der Waals surface area contributed by atoms with Crippen LogP contribution in [0.1, 0.15) is 23.6 Å². The van der Waals surface area contributed by atoms with E-state index >= 15 is 0 Å². The Morgan fingerprint density at radius 3 is 2.59 bits per heavy atom. The van der Waals surface area contributed by atoms with Gasteiger partial charge in [0.2, 0.25) is 5.91 Å². The molecule has 0 aliphatic carbocycles. The Morgan fingerprint density at radius 2 is 1.89 bits per heavy atom. The molecule has 2 unspecified atom stereocenters. The quantitative estimate of drug-likeness (QED) is 0.836. The molecule has 1 aromatic heterocycles. The van der Waals surface area contributed by atoms with Crippen molar-refractivity contribution in [2.75, 3.05) is 26.2 Å². The van der Waals surface area contributed by atoms with Crippen LogP contribution in [0.15, 0.2) is 22.8 Å². The number of rotatable bonds is 3. The number of carbonyl (C=O) groups is 2. The molecule has 0 bridgehead atoms. The van der Waals surface area contributed by atoms with E-state index in [9.17, 15) is 19.8 Å². The minimum atomic E-state index is -1.12. The minimum absolute atomic E-state index is 0.112. The zero-order chi connectivity index (χ0) is 19.7. The molecule has 0 spiro atoms. The van der Waals surface area contributed by atoms with Gasteiger partial charge in [0.05, 0.1) is 18.8 Å². The molecule has 1 aromatic carbocycles. The predicted octanol–water partition coefficient (Wildman–Crippen LogP) is 1.00. The number of hydrogen-bond acceptors (Lipinski definition) is 5. The second-order valence-corrected chi connectivity index (χ2v) is 7.28. The van der Waals surface area contributed by atoms with Crippen molar-refractivity contribution in [2.45, 2.75) is 39.4 Å². The van der Waals surface area contributed by atoms with E-state index in [-0.39, 0.29) is 32.0 Å². The molecule has 0 radical (unpaired) electrons. The summed E-state index contributed by atoms with van der Waals surface area (Å²) < 4.78 is 5.67. The molecule has 27 heavy (non-hydrogen) atoms. The van der Waals surface area contributed by atoms with E-state index in [0.29, 0.717) is 6.54 Å². The fraction of sp³-hybridized carbons (Fsp3) is 0.500. The van der Waals surface area contributed by atoms with Crippen LogP contribution in [-0.4, -0.2) is 70.2 Å². The first-order valence-corrected chi connectivity index (χ1v) is 9.17. The summed E-state index contributed by atoms with van der Waals surface area (Å²) in [6, 6.07) is 3.97. The molecule has 1 saturated heterocycles. The number of furan rings is 1. The van der Waals surface area contributed by atoms with Crippen molar-refractivity contribution in [3.63, 3.8) is 0 Å². The lowest BCUT2D eigenvalue weighted by atomic mass is 10.0. The molecule has 3 rings (SSSR count). The summed E-state index contributed by atoms with van der Waals surface area (Å²) >= 11 is 0. The minimum Gasteiger partial charge on any atom is -0.464 e. The highest BCUT2D eigenvalue weighted by atomic mass is 16.3. The van der Waals surface area contributed by atoms with Crippen LogP contribution in [0.4, 0.5) is 0 Å². The molecular weight excluding hydrogens is 348 g/mol. The second-order valence-electron chi connectivity index (χ2n) is 7.28.